The summed E-state index contributed by atoms with van der Waals surface area (Å²) < 4.78 is 10.7. The number of hydrogen-bond acceptors (Lipinski definition) is 6. The quantitative estimate of drug-likeness (QED) is 0.795. The van der Waals surface area contributed by atoms with Crippen molar-refractivity contribution >= 4 is 17.9 Å². The number of nitrogens with one attached hydrogen (secondary N) is 1. The zero-order valence-electron chi connectivity index (χ0n) is 18.4. The average Bonchev–Trinajstić information content (AvgIpc) is 2.84. The Labute approximate surface area is 172 Å². The zero-order valence-corrected chi connectivity index (χ0v) is 18.4. The summed E-state index contributed by atoms with van der Waals surface area (Å²) in [5, 5.41) is 13.1. The molecular formula is C21H33N3O5. The van der Waals surface area contributed by atoms with Gasteiger partial charge in [-0.2, -0.15) is 0 Å². The van der Waals surface area contributed by atoms with Crippen LogP contribution in [0.25, 0.3) is 0 Å². The molecule has 1 aliphatic heterocycles. The third kappa shape index (κ3) is 7.53. The number of amides is 2. The van der Waals surface area contributed by atoms with Gasteiger partial charge in [-0.15, -0.1) is 0 Å². The largest absolute Gasteiger partial charge is 0.444 e. The summed E-state index contributed by atoms with van der Waals surface area (Å²) in [7, 11) is 0. The number of rotatable bonds is 3. The number of β-amino-alcohol motifs (C(OH)–C–C–N with tert-alkyl or cyclic N) is 1. The van der Waals surface area contributed by atoms with Gasteiger partial charge in [0.25, 0.3) is 0 Å². The molecule has 1 aromatic heterocycles. The molecule has 0 unspecified atom stereocenters. The second kappa shape index (κ2) is 8.57. The SMILES string of the molecule is Cc1cc(NC(=O)OC(C)(C)C)cc(C[C@H]2CN(C(=O)OC(C)(C)C)C[C@@H]2O)n1. The van der Waals surface area contributed by atoms with Crippen molar-refractivity contribution in [1.29, 1.82) is 0 Å². The molecule has 29 heavy (non-hydrogen) atoms. The predicted molar refractivity (Wildman–Crippen MR) is 110 cm³/mol. The summed E-state index contributed by atoms with van der Waals surface area (Å²) in [5.74, 6) is -0.161. The van der Waals surface area contributed by atoms with E-state index < -0.39 is 29.5 Å². The van der Waals surface area contributed by atoms with Crippen LogP contribution in [-0.2, 0) is 15.9 Å². The van der Waals surface area contributed by atoms with E-state index >= 15 is 0 Å². The maximum Gasteiger partial charge on any atom is 0.412 e. The van der Waals surface area contributed by atoms with Crippen LogP contribution in [0.5, 0.6) is 0 Å². The fourth-order valence-electron chi connectivity index (χ4n) is 3.13. The number of aliphatic hydroxyl groups is 1. The van der Waals surface area contributed by atoms with Crippen LogP contribution in [0.3, 0.4) is 0 Å². The van der Waals surface area contributed by atoms with Crippen molar-refractivity contribution < 1.29 is 24.2 Å². The summed E-state index contributed by atoms with van der Waals surface area (Å²) in [6.07, 6.45) is -1.15. The van der Waals surface area contributed by atoms with E-state index in [1.54, 1.807) is 32.9 Å². The number of carbonyl (C=O) groups is 2. The molecule has 2 atom stereocenters. The van der Waals surface area contributed by atoms with Gasteiger partial charge in [0.15, 0.2) is 0 Å². The topological polar surface area (TPSA) is 101 Å². The summed E-state index contributed by atoms with van der Waals surface area (Å²) >= 11 is 0. The molecule has 8 heteroatoms. The van der Waals surface area contributed by atoms with Crippen LogP contribution in [0.15, 0.2) is 12.1 Å². The first kappa shape index (κ1) is 22.9. The van der Waals surface area contributed by atoms with Crippen molar-refractivity contribution in [3.63, 3.8) is 0 Å². The van der Waals surface area contributed by atoms with Crippen molar-refractivity contribution in [3.8, 4) is 0 Å². The number of carbonyl (C=O) groups excluding carboxylic acids is 2. The molecule has 0 aliphatic carbocycles. The molecule has 2 heterocycles. The summed E-state index contributed by atoms with van der Waals surface area (Å²) in [6.45, 7) is 13.3. The maximum absolute atomic E-state index is 12.3. The van der Waals surface area contributed by atoms with Crippen LogP contribution in [0.2, 0.25) is 0 Å². The molecule has 0 spiro atoms. The van der Waals surface area contributed by atoms with Gasteiger partial charge in [0.05, 0.1) is 12.6 Å². The lowest BCUT2D eigenvalue weighted by Gasteiger charge is -2.24. The molecule has 0 saturated carbocycles. The van der Waals surface area contributed by atoms with Crippen LogP contribution in [0.4, 0.5) is 15.3 Å². The highest BCUT2D eigenvalue weighted by molar-refractivity contribution is 5.85. The standard InChI is InChI=1S/C21H33N3O5/c1-13-8-15(23-18(26)28-20(2,3)4)10-16(22-13)9-14-11-24(12-17(14)25)19(27)29-21(5,6)7/h8,10,14,17,25H,9,11-12H2,1-7H3,(H,22,23,26)/t14-,17-/m0/s1. The van der Waals surface area contributed by atoms with Crippen LogP contribution in [-0.4, -0.2) is 57.6 Å². The molecule has 1 aliphatic rings. The van der Waals surface area contributed by atoms with E-state index in [4.69, 9.17) is 9.47 Å². The lowest BCUT2D eigenvalue weighted by molar-refractivity contribution is 0.0269. The number of aliphatic hydroxyl groups excluding tert-OH is 1. The molecular weight excluding hydrogens is 374 g/mol. The molecule has 0 radical (unpaired) electrons. The highest BCUT2D eigenvalue weighted by Crippen LogP contribution is 2.24. The first-order chi connectivity index (χ1) is 13.2. The van der Waals surface area contributed by atoms with Gasteiger partial charge >= 0.3 is 12.2 Å². The first-order valence-corrected chi connectivity index (χ1v) is 9.85. The Morgan fingerprint density at radius 3 is 2.34 bits per heavy atom. The van der Waals surface area contributed by atoms with Gasteiger partial charge in [0.1, 0.15) is 11.2 Å². The highest BCUT2D eigenvalue weighted by Gasteiger charge is 2.36. The third-order valence-corrected chi connectivity index (χ3v) is 4.18. The Kier molecular flexibility index (Phi) is 6.78. The minimum Gasteiger partial charge on any atom is -0.444 e. The summed E-state index contributed by atoms with van der Waals surface area (Å²) in [5.41, 5.74) is 0.878. The van der Waals surface area contributed by atoms with Crippen LogP contribution in [0, 0.1) is 12.8 Å². The van der Waals surface area contributed by atoms with E-state index in [2.05, 4.69) is 10.3 Å². The van der Waals surface area contributed by atoms with Gasteiger partial charge in [-0.3, -0.25) is 10.3 Å². The van der Waals surface area contributed by atoms with E-state index in [1.807, 2.05) is 27.7 Å². The van der Waals surface area contributed by atoms with Crippen molar-refractivity contribution in [2.24, 2.45) is 5.92 Å². The van der Waals surface area contributed by atoms with Gasteiger partial charge in [-0.25, -0.2) is 9.59 Å². The van der Waals surface area contributed by atoms with Crippen molar-refractivity contribution in [2.75, 3.05) is 18.4 Å². The van der Waals surface area contributed by atoms with Gasteiger partial charge < -0.3 is 19.5 Å². The van der Waals surface area contributed by atoms with Crippen LogP contribution >= 0.6 is 0 Å². The predicted octanol–water partition coefficient (Wildman–Crippen LogP) is 3.51. The fourth-order valence-corrected chi connectivity index (χ4v) is 3.13. The number of ether oxygens (including phenoxy) is 2. The zero-order chi connectivity index (χ0) is 22.0. The number of aromatic nitrogens is 1. The molecule has 1 fully saturated rings. The smallest absolute Gasteiger partial charge is 0.412 e. The minimum atomic E-state index is -0.660. The molecule has 8 nitrogen and oxygen atoms in total. The number of likely N-dealkylation sites (tertiary alicyclic amines) is 1. The monoisotopic (exact) mass is 407 g/mol. The Balaban J connectivity index is 2.03. The molecule has 2 rings (SSSR count). The van der Waals surface area contributed by atoms with Crippen LogP contribution in [0.1, 0.15) is 52.9 Å². The Morgan fingerprint density at radius 1 is 1.14 bits per heavy atom. The van der Waals surface area contributed by atoms with Crippen molar-refractivity contribution in [1.82, 2.24) is 9.88 Å². The molecule has 2 amide bonds. The Bertz CT molecular complexity index is 752. The van der Waals surface area contributed by atoms with Crippen LogP contribution < -0.4 is 5.32 Å². The molecule has 162 valence electrons. The molecule has 1 aromatic rings. The Hall–Kier alpha value is -2.35. The second-order valence-electron chi connectivity index (χ2n) is 9.53. The second-order valence-corrected chi connectivity index (χ2v) is 9.53. The maximum atomic E-state index is 12.3. The van der Waals surface area contributed by atoms with E-state index in [-0.39, 0.29) is 12.5 Å². The third-order valence-electron chi connectivity index (χ3n) is 4.18. The summed E-state index contributed by atoms with van der Waals surface area (Å²) in [4.78, 5) is 30.3. The molecule has 0 bridgehead atoms. The van der Waals surface area contributed by atoms with E-state index in [9.17, 15) is 14.7 Å². The average molecular weight is 408 g/mol. The highest BCUT2D eigenvalue weighted by atomic mass is 16.6. The first-order valence-electron chi connectivity index (χ1n) is 9.85. The van der Waals surface area contributed by atoms with Gasteiger partial charge in [-0.05, 0) is 67.0 Å². The lowest BCUT2D eigenvalue weighted by atomic mass is 9.99. The van der Waals surface area contributed by atoms with Gasteiger partial charge in [0, 0.05) is 29.5 Å². The number of nitrogens with zero attached hydrogens (tertiary/aromatic N) is 2. The van der Waals surface area contributed by atoms with Gasteiger partial charge in [0.2, 0.25) is 0 Å². The summed E-state index contributed by atoms with van der Waals surface area (Å²) in [6, 6.07) is 3.52. The molecule has 0 aromatic carbocycles. The fraction of sp³-hybridized carbons (Fsp3) is 0.667. The number of anilines is 1. The lowest BCUT2D eigenvalue weighted by Crippen LogP contribution is -2.35. The number of pyridine rings is 1. The van der Waals surface area contributed by atoms with Crippen molar-refractivity contribution in [2.45, 2.75) is 72.2 Å². The van der Waals surface area contributed by atoms with E-state index in [0.717, 1.165) is 11.4 Å². The molecule has 1 saturated heterocycles. The minimum absolute atomic E-state index is 0.161. The van der Waals surface area contributed by atoms with E-state index in [0.29, 0.717) is 18.7 Å². The van der Waals surface area contributed by atoms with Crippen molar-refractivity contribution in [3.05, 3.63) is 23.5 Å². The van der Waals surface area contributed by atoms with E-state index in [1.165, 1.54) is 4.90 Å². The Morgan fingerprint density at radius 2 is 1.76 bits per heavy atom. The molecule has 2 N–H and O–H groups in total. The number of hydrogen-bond donors (Lipinski definition) is 2. The number of aryl methyl sites for hydroxylation is 1. The van der Waals surface area contributed by atoms with Gasteiger partial charge in [-0.1, -0.05) is 0 Å². The normalized spacial score (nSPS) is 19.8.